The van der Waals surface area contributed by atoms with Crippen LogP contribution in [0.15, 0.2) is 83.5 Å². The Hall–Kier alpha value is -3.57. The van der Waals surface area contributed by atoms with Gasteiger partial charge in [-0.25, -0.2) is 0 Å². The maximum absolute atomic E-state index is 13.1. The van der Waals surface area contributed by atoms with E-state index in [0.29, 0.717) is 27.8 Å². The summed E-state index contributed by atoms with van der Waals surface area (Å²) in [6.45, 7) is 2.09. The number of anilines is 1. The first-order chi connectivity index (χ1) is 15.1. The lowest BCUT2D eigenvalue weighted by atomic mass is 10.1. The first kappa shape index (κ1) is 20.7. The van der Waals surface area contributed by atoms with Gasteiger partial charge in [-0.2, -0.15) is 10.1 Å². The van der Waals surface area contributed by atoms with Crippen LogP contribution in [0.1, 0.15) is 18.1 Å². The average Bonchev–Trinajstić information content (AvgIpc) is 3.08. The van der Waals surface area contributed by atoms with Gasteiger partial charge in [0.2, 0.25) is 0 Å². The third-order valence-electron chi connectivity index (χ3n) is 4.92. The number of nitrogens with zero attached hydrogens (tertiary/aromatic N) is 2. The van der Waals surface area contributed by atoms with Crippen LogP contribution < -0.4 is 14.5 Å². The maximum Gasteiger partial charge on any atom is 0.280 e. The van der Waals surface area contributed by atoms with E-state index in [1.54, 1.807) is 13.2 Å². The quantitative estimate of drug-likeness (QED) is 0.467. The van der Waals surface area contributed by atoms with Crippen LogP contribution in [-0.4, -0.2) is 18.7 Å². The molecule has 1 heterocycles. The van der Waals surface area contributed by atoms with Crippen molar-refractivity contribution in [1.82, 2.24) is 0 Å². The number of amides is 1. The second kappa shape index (κ2) is 9.06. The van der Waals surface area contributed by atoms with Gasteiger partial charge in [0.1, 0.15) is 6.61 Å². The van der Waals surface area contributed by atoms with Crippen molar-refractivity contribution in [2.45, 2.75) is 13.5 Å². The van der Waals surface area contributed by atoms with E-state index < -0.39 is 0 Å². The number of ether oxygens (including phenoxy) is 2. The van der Waals surface area contributed by atoms with E-state index in [-0.39, 0.29) is 12.5 Å². The monoisotopic (exact) mass is 432 g/mol. The molecule has 4 rings (SSSR count). The van der Waals surface area contributed by atoms with Crippen molar-refractivity contribution in [2.24, 2.45) is 5.10 Å². The SMILES string of the molecule is COc1cccc(/C=C2\C(=O)N(c3ccccc3)N=C2C)c1OCc1ccccc1Cl. The van der Waals surface area contributed by atoms with Gasteiger partial charge in [-0.15, -0.1) is 0 Å². The highest BCUT2D eigenvalue weighted by atomic mass is 35.5. The topological polar surface area (TPSA) is 51.1 Å². The van der Waals surface area contributed by atoms with E-state index in [4.69, 9.17) is 21.1 Å². The summed E-state index contributed by atoms with van der Waals surface area (Å²) in [6, 6.07) is 22.4. The maximum atomic E-state index is 13.1. The van der Waals surface area contributed by atoms with E-state index in [0.717, 1.165) is 16.8 Å². The lowest BCUT2D eigenvalue weighted by Crippen LogP contribution is -2.21. The van der Waals surface area contributed by atoms with Crippen molar-refractivity contribution in [1.29, 1.82) is 0 Å². The highest BCUT2D eigenvalue weighted by Crippen LogP contribution is 2.35. The van der Waals surface area contributed by atoms with E-state index in [1.165, 1.54) is 5.01 Å². The second-order valence-corrected chi connectivity index (χ2v) is 7.36. The number of carbonyl (C=O) groups excluding carboxylic acids is 1. The first-order valence-corrected chi connectivity index (χ1v) is 10.2. The van der Waals surface area contributed by atoms with Gasteiger partial charge in [-0.1, -0.05) is 60.1 Å². The van der Waals surface area contributed by atoms with Gasteiger partial charge < -0.3 is 9.47 Å². The molecule has 1 amide bonds. The predicted molar refractivity (Wildman–Crippen MR) is 124 cm³/mol. The van der Waals surface area contributed by atoms with E-state index in [9.17, 15) is 4.79 Å². The number of rotatable bonds is 6. The molecule has 1 aliphatic heterocycles. The summed E-state index contributed by atoms with van der Waals surface area (Å²) in [6.07, 6.45) is 1.79. The Labute approximate surface area is 186 Å². The van der Waals surface area contributed by atoms with Gasteiger partial charge in [-0.3, -0.25) is 4.79 Å². The Bertz CT molecular complexity index is 1170. The number of para-hydroxylation sites is 2. The molecule has 0 saturated heterocycles. The molecule has 0 atom stereocenters. The van der Waals surface area contributed by atoms with Crippen LogP contribution in [0.5, 0.6) is 11.5 Å². The van der Waals surface area contributed by atoms with Crippen LogP contribution in [0, 0.1) is 0 Å². The molecule has 0 bridgehead atoms. The molecule has 0 N–H and O–H groups in total. The van der Waals surface area contributed by atoms with Crippen molar-refractivity contribution < 1.29 is 14.3 Å². The van der Waals surface area contributed by atoms with Gasteiger partial charge in [0.25, 0.3) is 5.91 Å². The molecule has 0 aromatic heterocycles. The number of hydrogen-bond donors (Lipinski definition) is 0. The molecule has 156 valence electrons. The summed E-state index contributed by atoms with van der Waals surface area (Å²) >= 11 is 6.26. The molecule has 0 fully saturated rings. The van der Waals surface area contributed by atoms with Gasteiger partial charge in [0.15, 0.2) is 11.5 Å². The Morgan fingerprint density at radius 2 is 1.74 bits per heavy atom. The fraction of sp³-hybridized carbons (Fsp3) is 0.120. The van der Waals surface area contributed by atoms with Gasteiger partial charge in [0, 0.05) is 16.1 Å². The zero-order valence-electron chi connectivity index (χ0n) is 17.2. The standard InChI is InChI=1S/C25H21ClN2O3/c1-17-21(25(29)28(27-17)20-11-4-3-5-12-20)15-18-10-8-14-23(30-2)24(18)31-16-19-9-6-7-13-22(19)26/h3-15H,16H2,1-2H3/b21-15-. The molecule has 0 aliphatic carbocycles. The highest BCUT2D eigenvalue weighted by molar-refractivity contribution is 6.32. The first-order valence-electron chi connectivity index (χ1n) is 9.78. The van der Waals surface area contributed by atoms with Crippen LogP contribution in [0.25, 0.3) is 6.08 Å². The molecular weight excluding hydrogens is 412 g/mol. The van der Waals surface area contributed by atoms with E-state index >= 15 is 0 Å². The number of benzene rings is 3. The molecule has 6 heteroatoms. The van der Waals surface area contributed by atoms with Crippen molar-refractivity contribution in [2.75, 3.05) is 12.1 Å². The normalized spacial score (nSPS) is 14.7. The molecule has 0 spiro atoms. The Balaban J connectivity index is 1.67. The summed E-state index contributed by atoms with van der Waals surface area (Å²) in [7, 11) is 1.58. The van der Waals surface area contributed by atoms with Gasteiger partial charge >= 0.3 is 0 Å². The molecule has 0 radical (unpaired) electrons. The zero-order valence-corrected chi connectivity index (χ0v) is 18.0. The van der Waals surface area contributed by atoms with Crippen molar-refractivity contribution in [3.63, 3.8) is 0 Å². The molecule has 1 aliphatic rings. The van der Waals surface area contributed by atoms with E-state index in [2.05, 4.69) is 5.10 Å². The highest BCUT2D eigenvalue weighted by Gasteiger charge is 2.29. The molecule has 3 aromatic rings. The third-order valence-corrected chi connectivity index (χ3v) is 5.29. The second-order valence-electron chi connectivity index (χ2n) is 6.95. The number of hydrogen-bond acceptors (Lipinski definition) is 4. The molecule has 0 saturated carbocycles. The minimum atomic E-state index is -0.191. The Kier molecular flexibility index (Phi) is 6.05. The fourth-order valence-electron chi connectivity index (χ4n) is 3.31. The van der Waals surface area contributed by atoms with Crippen LogP contribution in [-0.2, 0) is 11.4 Å². The summed E-state index contributed by atoms with van der Waals surface area (Å²) in [5.74, 6) is 0.918. The van der Waals surface area contributed by atoms with Crippen molar-refractivity contribution in [3.8, 4) is 11.5 Å². The average molecular weight is 433 g/mol. The molecule has 31 heavy (non-hydrogen) atoms. The zero-order chi connectivity index (χ0) is 21.8. The van der Waals surface area contributed by atoms with Crippen molar-refractivity contribution >= 4 is 35.0 Å². The lowest BCUT2D eigenvalue weighted by Gasteiger charge is -2.15. The lowest BCUT2D eigenvalue weighted by molar-refractivity contribution is -0.114. The summed E-state index contributed by atoms with van der Waals surface area (Å²) in [4.78, 5) is 13.1. The third kappa shape index (κ3) is 4.32. The van der Waals surface area contributed by atoms with Crippen LogP contribution in [0.3, 0.4) is 0 Å². The fourth-order valence-corrected chi connectivity index (χ4v) is 3.50. The molecular formula is C25H21ClN2O3. The number of halogens is 1. The van der Waals surface area contributed by atoms with E-state index in [1.807, 2.05) is 79.7 Å². The minimum Gasteiger partial charge on any atom is -0.493 e. The number of hydrazone groups is 1. The molecule has 3 aromatic carbocycles. The Morgan fingerprint density at radius 1 is 1.00 bits per heavy atom. The van der Waals surface area contributed by atoms with Crippen LogP contribution in [0.4, 0.5) is 5.69 Å². The number of carbonyl (C=O) groups is 1. The Morgan fingerprint density at radius 3 is 2.48 bits per heavy atom. The van der Waals surface area contributed by atoms with Crippen LogP contribution in [0.2, 0.25) is 5.02 Å². The predicted octanol–water partition coefficient (Wildman–Crippen LogP) is 5.73. The van der Waals surface area contributed by atoms with Crippen LogP contribution >= 0.6 is 11.6 Å². The summed E-state index contributed by atoms with van der Waals surface area (Å²) in [5, 5.41) is 6.48. The number of methoxy groups -OCH3 is 1. The minimum absolute atomic E-state index is 0.191. The summed E-state index contributed by atoms with van der Waals surface area (Å²) in [5.41, 5.74) is 3.43. The largest absolute Gasteiger partial charge is 0.493 e. The van der Waals surface area contributed by atoms with Gasteiger partial charge in [-0.05, 0) is 37.3 Å². The van der Waals surface area contributed by atoms with Crippen molar-refractivity contribution in [3.05, 3.63) is 94.5 Å². The van der Waals surface area contributed by atoms with Gasteiger partial charge in [0.05, 0.1) is 24.1 Å². The molecule has 0 unspecified atom stereocenters. The smallest absolute Gasteiger partial charge is 0.280 e. The molecule has 5 nitrogen and oxygen atoms in total. The summed E-state index contributed by atoms with van der Waals surface area (Å²) < 4.78 is 11.6.